The summed E-state index contributed by atoms with van der Waals surface area (Å²) in [4.78, 5) is 2.16. The molecule has 3 nitrogen and oxygen atoms in total. The van der Waals surface area contributed by atoms with E-state index < -0.39 is 11.6 Å². The van der Waals surface area contributed by atoms with Gasteiger partial charge in [0, 0.05) is 23.7 Å². The lowest BCUT2D eigenvalue weighted by atomic mass is 10.0. The Morgan fingerprint density at radius 1 is 1.12 bits per heavy atom. The molecule has 0 amide bonds. The molecule has 1 fully saturated rings. The fourth-order valence-electron chi connectivity index (χ4n) is 3.36. The highest BCUT2D eigenvalue weighted by Gasteiger charge is 2.29. The highest BCUT2D eigenvalue weighted by atomic mass is 19.2. The Morgan fingerprint density at radius 3 is 2.71 bits per heavy atom. The molecule has 0 spiro atoms. The van der Waals surface area contributed by atoms with Crippen LogP contribution in [0.15, 0.2) is 36.4 Å². The number of halogens is 2. The standard InChI is InChI=1S/C19H21F2NO2/c1-23-14-8-9-18(24-2)15(11-14)17-7-4-10-22(17)12-13-5-3-6-16(20)19(13)21/h3,5-6,8-9,11,17H,4,7,10,12H2,1-2H3. The normalized spacial score (nSPS) is 17.9. The maximum absolute atomic E-state index is 14.0. The smallest absolute Gasteiger partial charge is 0.163 e. The molecule has 1 heterocycles. The molecule has 24 heavy (non-hydrogen) atoms. The average molecular weight is 333 g/mol. The zero-order valence-corrected chi connectivity index (χ0v) is 13.9. The van der Waals surface area contributed by atoms with Crippen molar-refractivity contribution in [2.24, 2.45) is 0 Å². The van der Waals surface area contributed by atoms with E-state index in [9.17, 15) is 8.78 Å². The van der Waals surface area contributed by atoms with Crippen LogP contribution < -0.4 is 9.47 Å². The summed E-state index contributed by atoms with van der Waals surface area (Å²) in [5.74, 6) is -0.0232. The molecule has 1 unspecified atom stereocenters. The van der Waals surface area contributed by atoms with E-state index in [4.69, 9.17) is 9.47 Å². The van der Waals surface area contributed by atoms with Crippen molar-refractivity contribution in [2.45, 2.75) is 25.4 Å². The van der Waals surface area contributed by atoms with Gasteiger partial charge in [0.25, 0.3) is 0 Å². The van der Waals surface area contributed by atoms with Gasteiger partial charge in [0.2, 0.25) is 0 Å². The minimum atomic E-state index is -0.804. The second-order valence-corrected chi connectivity index (χ2v) is 5.95. The SMILES string of the molecule is COc1ccc(OC)c(C2CCCN2Cc2cccc(F)c2F)c1. The van der Waals surface area contributed by atoms with Crippen LogP contribution in [-0.2, 0) is 6.54 Å². The third-order valence-electron chi connectivity index (χ3n) is 4.56. The molecule has 0 aliphatic carbocycles. The van der Waals surface area contributed by atoms with E-state index in [-0.39, 0.29) is 6.04 Å². The van der Waals surface area contributed by atoms with E-state index in [0.717, 1.165) is 42.5 Å². The zero-order valence-electron chi connectivity index (χ0n) is 13.9. The summed E-state index contributed by atoms with van der Waals surface area (Å²) < 4.78 is 38.3. The van der Waals surface area contributed by atoms with Gasteiger partial charge in [-0.3, -0.25) is 4.90 Å². The molecular weight excluding hydrogens is 312 g/mol. The second kappa shape index (κ2) is 7.18. The molecule has 1 saturated heterocycles. The average Bonchev–Trinajstić information content (AvgIpc) is 3.06. The van der Waals surface area contributed by atoms with Crippen LogP contribution in [-0.4, -0.2) is 25.7 Å². The zero-order chi connectivity index (χ0) is 17.1. The third-order valence-corrected chi connectivity index (χ3v) is 4.56. The quantitative estimate of drug-likeness (QED) is 0.813. The summed E-state index contributed by atoms with van der Waals surface area (Å²) >= 11 is 0. The van der Waals surface area contributed by atoms with Crippen molar-refractivity contribution in [3.63, 3.8) is 0 Å². The number of rotatable bonds is 5. The van der Waals surface area contributed by atoms with E-state index in [1.807, 2.05) is 18.2 Å². The molecule has 0 saturated carbocycles. The largest absolute Gasteiger partial charge is 0.497 e. The Hall–Kier alpha value is -2.14. The van der Waals surface area contributed by atoms with Crippen molar-refractivity contribution < 1.29 is 18.3 Å². The summed E-state index contributed by atoms with van der Waals surface area (Å²) in [5, 5.41) is 0. The van der Waals surface area contributed by atoms with Crippen LogP contribution in [0.5, 0.6) is 11.5 Å². The number of hydrogen-bond donors (Lipinski definition) is 0. The highest BCUT2D eigenvalue weighted by molar-refractivity contribution is 5.42. The van der Waals surface area contributed by atoms with Crippen molar-refractivity contribution in [1.82, 2.24) is 4.90 Å². The molecule has 128 valence electrons. The fourth-order valence-corrected chi connectivity index (χ4v) is 3.36. The van der Waals surface area contributed by atoms with Gasteiger partial charge < -0.3 is 9.47 Å². The van der Waals surface area contributed by atoms with Crippen molar-refractivity contribution in [1.29, 1.82) is 0 Å². The minimum Gasteiger partial charge on any atom is -0.497 e. The number of likely N-dealkylation sites (tertiary alicyclic amines) is 1. The topological polar surface area (TPSA) is 21.7 Å². The molecular formula is C19H21F2NO2. The van der Waals surface area contributed by atoms with E-state index >= 15 is 0 Å². The maximum atomic E-state index is 14.0. The molecule has 0 aromatic heterocycles. The minimum absolute atomic E-state index is 0.0951. The summed E-state index contributed by atoms with van der Waals surface area (Å²) in [6, 6.07) is 10.1. The second-order valence-electron chi connectivity index (χ2n) is 5.95. The Labute approximate surface area is 140 Å². The lowest BCUT2D eigenvalue weighted by molar-refractivity contribution is 0.238. The number of methoxy groups -OCH3 is 2. The molecule has 2 aromatic carbocycles. The van der Waals surface area contributed by atoms with Crippen LogP contribution in [0.2, 0.25) is 0 Å². The van der Waals surface area contributed by atoms with Gasteiger partial charge in [-0.25, -0.2) is 8.78 Å². The Morgan fingerprint density at radius 2 is 1.96 bits per heavy atom. The predicted octanol–water partition coefficient (Wildman–Crippen LogP) is 4.32. The highest BCUT2D eigenvalue weighted by Crippen LogP contribution is 2.39. The third kappa shape index (κ3) is 3.22. The summed E-state index contributed by atoms with van der Waals surface area (Å²) in [6.07, 6.45) is 1.95. The van der Waals surface area contributed by atoms with Gasteiger partial charge in [0.15, 0.2) is 11.6 Å². The molecule has 3 rings (SSSR count). The predicted molar refractivity (Wildman–Crippen MR) is 88.3 cm³/mol. The molecule has 0 bridgehead atoms. The maximum Gasteiger partial charge on any atom is 0.163 e. The van der Waals surface area contributed by atoms with Crippen molar-refractivity contribution in [3.05, 3.63) is 59.2 Å². The summed E-state index contributed by atoms with van der Waals surface area (Å²) in [6.45, 7) is 1.20. The monoisotopic (exact) mass is 333 g/mol. The first-order valence-corrected chi connectivity index (χ1v) is 8.03. The van der Waals surface area contributed by atoms with Crippen LogP contribution in [0, 0.1) is 11.6 Å². The molecule has 1 aliphatic heterocycles. The van der Waals surface area contributed by atoms with Gasteiger partial charge >= 0.3 is 0 Å². The lowest BCUT2D eigenvalue weighted by Crippen LogP contribution is -2.24. The van der Waals surface area contributed by atoms with Gasteiger partial charge in [0.1, 0.15) is 11.5 Å². The first-order valence-electron chi connectivity index (χ1n) is 8.03. The Balaban J connectivity index is 1.89. The first kappa shape index (κ1) is 16.7. The number of hydrogen-bond acceptors (Lipinski definition) is 3. The van der Waals surface area contributed by atoms with Crippen molar-refractivity contribution in [2.75, 3.05) is 20.8 Å². The number of nitrogens with zero attached hydrogens (tertiary/aromatic N) is 1. The van der Waals surface area contributed by atoms with E-state index in [2.05, 4.69) is 4.90 Å². The molecule has 5 heteroatoms. The molecule has 2 aromatic rings. The number of ether oxygens (including phenoxy) is 2. The molecule has 1 atom stereocenters. The van der Waals surface area contributed by atoms with E-state index in [1.54, 1.807) is 26.4 Å². The van der Waals surface area contributed by atoms with Gasteiger partial charge in [-0.15, -0.1) is 0 Å². The van der Waals surface area contributed by atoms with Crippen LogP contribution in [0.1, 0.15) is 30.0 Å². The molecule has 0 radical (unpaired) electrons. The van der Waals surface area contributed by atoms with E-state index in [0.29, 0.717) is 12.1 Å². The van der Waals surface area contributed by atoms with Crippen LogP contribution >= 0.6 is 0 Å². The fraction of sp³-hybridized carbons (Fsp3) is 0.368. The van der Waals surface area contributed by atoms with Gasteiger partial charge in [0.05, 0.1) is 14.2 Å². The van der Waals surface area contributed by atoms with Crippen LogP contribution in [0.3, 0.4) is 0 Å². The lowest BCUT2D eigenvalue weighted by Gasteiger charge is -2.26. The van der Waals surface area contributed by atoms with Gasteiger partial charge in [-0.05, 0) is 43.7 Å². The first-order chi connectivity index (χ1) is 11.6. The molecule has 0 N–H and O–H groups in total. The number of benzene rings is 2. The molecule has 1 aliphatic rings. The van der Waals surface area contributed by atoms with E-state index in [1.165, 1.54) is 0 Å². The van der Waals surface area contributed by atoms with Crippen molar-refractivity contribution >= 4 is 0 Å². The summed E-state index contributed by atoms with van der Waals surface area (Å²) in [5.41, 5.74) is 1.40. The van der Waals surface area contributed by atoms with Gasteiger partial charge in [-0.2, -0.15) is 0 Å². The Kier molecular flexibility index (Phi) is 5.00. The van der Waals surface area contributed by atoms with Gasteiger partial charge in [-0.1, -0.05) is 12.1 Å². The summed E-state index contributed by atoms with van der Waals surface area (Å²) in [7, 11) is 3.26. The Bertz CT molecular complexity index is 721. The van der Waals surface area contributed by atoms with Crippen molar-refractivity contribution in [3.8, 4) is 11.5 Å². The van der Waals surface area contributed by atoms with Crippen LogP contribution in [0.25, 0.3) is 0 Å². The van der Waals surface area contributed by atoms with Crippen LogP contribution in [0.4, 0.5) is 8.78 Å².